The van der Waals surface area contributed by atoms with Gasteiger partial charge >= 0.3 is 0 Å². The van der Waals surface area contributed by atoms with Crippen molar-refractivity contribution >= 4 is 11.3 Å². The van der Waals surface area contributed by atoms with Crippen molar-refractivity contribution in [1.29, 1.82) is 0 Å². The Morgan fingerprint density at radius 2 is 1.94 bits per heavy atom. The molecule has 1 atom stereocenters. The van der Waals surface area contributed by atoms with Crippen molar-refractivity contribution < 1.29 is 0 Å². The second kappa shape index (κ2) is 5.25. The number of fused-ring (bicyclic) bond motifs is 1. The Hall–Kier alpha value is -1.12. The Morgan fingerprint density at radius 1 is 1.22 bits per heavy atom. The second-order valence-corrected chi connectivity index (χ2v) is 5.95. The monoisotopic (exact) mass is 257 g/mol. The highest BCUT2D eigenvalue weighted by Crippen LogP contribution is 2.30. The first-order chi connectivity index (χ1) is 8.86. The first-order valence-corrected chi connectivity index (χ1v) is 7.56. The molecule has 0 spiro atoms. The van der Waals surface area contributed by atoms with Crippen LogP contribution in [-0.4, -0.2) is 13.1 Å². The Balaban J connectivity index is 1.71. The molecule has 0 fully saturated rings. The number of hydrogen-bond acceptors (Lipinski definition) is 2. The smallest absolute Gasteiger partial charge is 0.0139 e. The molecule has 0 bridgehead atoms. The summed E-state index contributed by atoms with van der Waals surface area (Å²) in [4.78, 5) is 0. The number of rotatable bonds is 4. The lowest BCUT2D eigenvalue weighted by Crippen LogP contribution is -2.36. The highest BCUT2D eigenvalue weighted by atomic mass is 32.1. The summed E-state index contributed by atoms with van der Waals surface area (Å²) in [5, 5.41) is 7.96. The van der Waals surface area contributed by atoms with Gasteiger partial charge < -0.3 is 5.32 Å². The predicted octanol–water partition coefficient (Wildman–Crippen LogP) is 3.29. The van der Waals surface area contributed by atoms with Gasteiger partial charge in [0.2, 0.25) is 0 Å². The maximum absolute atomic E-state index is 3.52. The summed E-state index contributed by atoms with van der Waals surface area (Å²) < 4.78 is 0. The summed E-state index contributed by atoms with van der Waals surface area (Å²) in [5.74, 6) is 0.743. The summed E-state index contributed by atoms with van der Waals surface area (Å²) in [7, 11) is 2.10. The van der Waals surface area contributed by atoms with E-state index in [2.05, 4.69) is 53.5 Å². The highest BCUT2D eigenvalue weighted by molar-refractivity contribution is 7.07. The minimum absolute atomic E-state index is 0.590. The molecule has 2 heteroatoms. The molecule has 18 heavy (non-hydrogen) atoms. The van der Waals surface area contributed by atoms with Gasteiger partial charge in [0.1, 0.15) is 0 Å². The quantitative estimate of drug-likeness (QED) is 0.886. The molecular formula is C16H19NS. The van der Waals surface area contributed by atoms with Gasteiger partial charge in [-0.05, 0) is 65.7 Å². The third-order valence-corrected chi connectivity index (χ3v) is 4.79. The standard InChI is InChI=1S/C16H19NS/c1-17-16(8-12-6-7-18-11-12)15-9-13-4-2-3-5-14(13)10-15/h2-7,11,15-17H,8-10H2,1H3. The van der Waals surface area contributed by atoms with Gasteiger partial charge in [-0.3, -0.25) is 0 Å². The normalized spacial score (nSPS) is 16.7. The molecule has 1 aromatic heterocycles. The van der Waals surface area contributed by atoms with Crippen molar-refractivity contribution in [2.75, 3.05) is 7.05 Å². The lowest BCUT2D eigenvalue weighted by atomic mass is 9.92. The fourth-order valence-corrected chi connectivity index (χ4v) is 3.73. The lowest BCUT2D eigenvalue weighted by molar-refractivity contribution is 0.383. The van der Waals surface area contributed by atoms with Crippen LogP contribution in [0.4, 0.5) is 0 Å². The molecule has 0 amide bonds. The molecule has 3 rings (SSSR count). The van der Waals surface area contributed by atoms with E-state index in [1.807, 2.05) is 0 Å². The van der Waals surface area contributed by atoms with Crippen molar-refractivity contribution in [2.24, 2.45) is 5.92 Å². The minimum Gasteiger partial charge on any atom is -0.316 e. The molecule has 2 aromatic rings. The van der Waals surface area contributed by atoms with Crippen molar-refractivity contribution in [3.63, 3.8) is 0 Å². The molecule has 0 saturated heterocycles. The van der Waals surface area contributed by atoms with Crippen molar-refractivity contribution in [1.82, 2.24) is 5.32 Å². The summed E-state index contributed by atoms with van der Waals surface area (Å²) >= 11 is 1.79. The van der Waals surface area contributed by atoms with E-state index in [4.69, 9.17) is 0 Å². The van der Waals surface area contributed by atoms with Gasteiger partial charge in [-0.25, -0.2) is 0 Å². The number of thiophene rings is 1. The zero-order valence-electron chi connectivity index (χ0n) is 10.7. The molecule has 0 saturated carbocycles. The molecule has 1 aromatic carbocycles. The van der Waals surface area contributed by atoms with Crippen LogP contribution in [-0.2, 0) is 19.3 Å². The molecule has 1 heterocycles. The third-order valence-electron chi connectivity index (χ3n) is 4.06. The Kier molecular flexibility index (Phi) is 3.48. The van der Waals surface area contributed by atoms with E-state index >= 15 is 0 Å². The first-order valence-electron chi connectivity index (χ1n) is 6.62. The molecular weight excluding hydrogens is 238 g/mol. The van der Waals surface area contributed by atoms with Crippen LogP contribution in [0.5, 0.6) is 0 Å². The average Bonchev–Trinajstić information content (AvgIpc) is 3.04. The van der Waals surface area contributed by atoms with Gasteiger partial charge in [-0.1, -0.05) is 24.3 Å². The van der Waals surface area contributed by atoms with Crippen LogP contribution in [0, 0.1) is 5.92 Å². The highest BCUT2D eigenvalue weighted by Gasteiger charge is 2.27. The molecule has 1 nitrogen and oxygen atoms in total. The van der Waals surface area contributed by atoms with Gasteiger partial charge in [0, 0.05) is 6.04 Å². The number of hydrogen-bond donors (Lipinski definition) is 1. The van der Waals surface area contributed by atoms with E-state index in [1.54, 1.807) is 22.5 Å². The second-order valence-electron chi connectivity index (χ2n) is 5.17. The van der Waals surface area contributed by atoms with Crippen LogP contribution < -0.4 is 5.32 Å². The van der Waals surface area contributed by atoms with E-state index in [1.165, 1.54) is 18.4 Å². The van der Waals surface area contributed by atoms with Gasteiger partial charge in [-0.2, -0.15) is 11.3 Å². The van der Waals surface area contributed by atoms with E-state index in [-0.39, 0.29) is 0 Å². The topological polar surface area (TPSA) is 12.0 Å². The van der Waals surface area contributed by atoms with Gasteiger partial charge in [0.15, 0.2) is 0 Å². The van der Waals surface area contributed by atoms with Crippen LogP contribution in [0.2, 0.25) is 0 Å². The fourth-order valence-electron chi connectivity index (χ4n) is 3.04. The lowest BCUT2D eigenvalue weighted by Gasteiger charge is -2.22. The van der Waals surface area contributed by atoms with Crippen LogP contribution >= 0.6 is 11.3 Å². The summed E-state index contributed by atoms with van der Waals surface area (Å²) in [6.45, 7) is 0. The van der Waals surface area contributed by atoms with Crippen molar-refractivity contribution in [3.8, 4) is 0 Å². The van der Waals surface area contributed by atoms with Gasteiger partial charge in [-0.15, -0.1) is 0 Å². The maximum Gasteiger partial charge on any atom is 0.0139 e. The molecule has 0 aliphatic heterocycles. The van der Waals surface area contributed by atoms with E-state index in [9.17, 15) is 0 Å². The SMILES string of the molecule is CNC(Cc1ccsc1)C1Cc2ccccc2C1. The molecule has 1 aliphatic carbocycles. The van der Waals surface area contributed by atoms with Crippen LogP contribution in [0.3, 0.4) is 0 Å². The summed E-state index contributed by atoms with van der Waals surface area (Å²) in [6, 6.07) is 11.7. The number of likely N-dealkylation sites (N-methyl/N-ethyl adjacent to an activating group) is 1. The maximum atomic E-state index is 3.52. The van der Waals surface area contributed by atoms with E-state index in [0.717, 1.165) is 12.3 Å². The summed E-state index contributed by atoms with van der Waals surface area (Å²) in [5.41, 5.74) is 4.57. The molecule has 1 unspecified atom stereocenters. The van der Waals surface area contributed by atoms with Crippen molar-refractivity contribution in [2.45, 2.75) is 25.3 Å². The van der Waals surface area contributed by atoms with Crippen molar-refractivity contribution in [3.05, 3.63) is 57.8 Å². The summed E-state index contributed by atoms with van der Waals surface area (Å²) in [6.07, 6.45) is 3.61. The third kappa shape index (κ3) is 2.36. The largest absolute Gasteiger partial charge is 0.316 e. The van der Waals surface area contributed by atoms with Gasteiger partial charge in [0.05, 0.1) is 0 Å². The van der Waals surface area contributed by atoms with Crippen LogP contribution in [0.25, 0.3) is 0 Å². The molecule has 94 valence electrons. The fraction of sp³-hybridized carbons (Fsp3) is 0.375. The Labute approximate surface area is 113 Å². The van der Waals surface area contributed by atoms with Crippen LogP contribution in [0.1, 0.15) is 16.7 Å². The first kappa shape index (κ1) is 11.9. The number of nitrogens with one attached hydrogen (secondary N) is 1. The Morgan fingerprint density at radius 3 is 2.50 bits per heavy atom. The number of benzene rings is 1. The molecule has 1 N–H and O–H groups in total. The molecule has 1 aliphatic rings. The zero-order valence-corrected chi connectivity index (χ0v) is 11.5. The van der Waals surface area contributed by atoms with Gasteiger partial charge in [0.25, 0.3) is 0 Å². The van der Waals surface area contributed by atoms with E-state index < -0.39 is 0 Å². The average molecular weight is 257 g/mol. The van der Waals surface area contributed by atoms with E-state index in [0.29, 0.717) is 6.04 Å². The van der Waals surface area contributed by atoms with Crippen LogP contribution in [0.15, 0.2) is 41.1 Å². The molecule has 0 radical (unpaired) electrons. The predicted molar refractivity (Wildman–Crippen MR) is 78.2 cm³/mol. The minimum atomic E-state index is 0.590. The Bertz CT molecular complexity index is 476. The zero-order chi connectivity index (χ0) is 12.4.